The van der Waals surface area contributed by atoms with Crippen LogP contribution in [0.15, 0.2) is 21.7 Å². The Morgan fingerprint density at radius 2 is 1.83 bits per heavy atom. The summed E-state index contributed by atoms with van der Waals surface area (Å²) >= 11 is 0. The highest BCUT2D eigenvalue weighted by Gasteiger charge is 2.22. The molecule has 1 aliphatic rings. The molecule has 1 N–H and O–H groups in total. The molecule has 2 aromatic heterocycles. The fourth-order valence-electron chi connectivity index (χ4n) is 2.83. The van der Waals surface area contributed by atoms with E-state index in [1.165, 1.54) is 11.7 Å². The van der Waals surface area contributed by atoms with Gasteiger partial charge < -0.3 is 14.6 Å². The van der Waals surface area contributed by atoms with Gasteiger partial charge in [-0.05, 0) is 32.0 Å². The smallest absolute Gasteiger partial charge is 0.318 e. The first-order valence-electron chi connectivity index (χ1n) is 7.00. The van der Waals surface area contributed by atoms with Crippen molar-refractivity contribution in [2.45, 2.75) is 18.9 Å². The SMILES string of the molecule is COc1ccc2c(n1)n(C1CCNCC1)c(=O)c(=O)n2C.Cl.Cl. The largest absolute Gasteiger partial charge is 0.481 e. The van der Waals surface area contributed by atoms with Crippen LogP contribution in [0.2, 0.25) is 0 Å². The number of fused-ring (bicyclic) bond motifs is 1. The lowest BCUT2D eigenvalue weighted by Crippen LogP contribution is -2.44. The van der Waals surface area contributed by atoms with Crippen LogP contribution in [0.1, 0.15) is 18.9 Å². The van der Waals surface area contributed by atoms with Gasteiger partial charge in [-0.15, -0.1) is 24.8 Å². The average Bonchev–Trinajstić information content (AvgIpc) is 2.53. The van der Waals surface area contributed by atoms with E-state index in [-0.39, 0.29) is 30.9 Å². The fraction of sp³-hybridized carbons (Fsp3) is 0.500. The van der Waals surface area contributed by atoms with Crippen molar-refractivity contribution in [3.05, 3.63) is 32.8 Å². The van der Waals surface area contributed by atoms with Crippen molar-refractivity contribution in [2.24, 2.45) is 7.05 Å². The zero-order valence-electron chi connectivity index (χ0n) is 12.9. The van der Waals surface area contributed by atoms with Crippen molar-refractivity contribution >= 4 is 36.0 Å². The highest BCUT2D eigenvalue weighted by atomic mass is 35.5. The summed E-state index contributed by atoms with van der Waals surface area (Å²) in [5, 5.41) is 3.26. The fourth-order valence-corrected chi connectivity index (χ4v) is 2.83. The number of nitrogens with zero attached hydrogens (tertiary/aromatic N) is 3. The summed E-state index contributed by atoms with van der Waals surface area (Å²) in [6.45, 7) is 1.66. The molecule has 3 rings (SSSR count). The summed E-state index contributed by atoms with van der Waals surface area (Å²) in [6, 6.07) is 3.45. The number of hydrogen-bond acceptors (Lipinski definition) is 5. The van der Waals surface area contributed by atoms with Gasteiger partial charge in [0.15, 0.2) is 5.65 Å². The van der Waals surface area contributed by atoms with Crippen LogP contribution in [0.5, 0.6) is 5.88 Å². The highest BCUT2D eigenvalue weighted by Crippen LogP contribution is 2.21. The Bertz CT molecular complexity index is 797. The van der Waals surface area contributed by atoms with E-state index in [1.807, 2.05) is 0 Å². The third-order valence-corrected chi connectivity index (χ3v) is 4.01. The number of ether oxygens (including phenoxy) is 1. The van der Waals surface area contributed by atoms with Gasteiger partial charge in [0.25, 0.3) is 0 Å². The van der Waals surface area contributed by atoms with Crippen LogP contribution in [-0.4, -0.2) is 34.3 Å². The molecule has 0 unspecified atom stereocenters. The van der Waals surface area contributed by atoms with E-state index in [0.717, 1.165) is 25.9 Å². The molecule has 128 valence electrons. The number of methoxy groups -OCH3 is 1. The molecule has 7 nitrogen and oxygen atoms in total. The number of piperidine rings is 1. The van der Waals surface area contributed by atoms with Gasteiger partial charge in [-0.25, -0.2) is 0 Å². The summed E-state index contributed by atoms with van der Waals surface area (Å²) in [5.41, 5.74) is 0.109. The Balaban J connectivity index is 0.00000132. The van der Waals surface area contributed by atoms with Gasteiger partial charge in [0.1, 0.15) is 0 Å². The monoisotopic (exact) mass is 362 g/mol. The van der Waals surface area contributed by atoms with Gasteiger partial charge >= 0.3 is 11.1 Å². The Morgan fingerprint density at radius 3 is 2.43 bits per heavy atom. The lowest BCUT2D eigenvalue weighted by molar-refractivity contribution is 0.362. The Hall–Kier alpha value is -1.57. The molecule has 0 spiro atoms. The molecule has 0 aromatic carbocycles. The summed E-state index contributed by atoms with van der Waals surface area (Å²) in [4.78, 5) is 29.0. The maximum atomic E-state index is 12.4. The Kier molecular flexibility index (Phi) is 6.61. The quantitative estimate of drug-likeness (QED) is 0.802. The molecule has 0 bridgehead atoms. The second kappa shape index (κ2) is 7.81. The number of aryl methyl sites for hydroxylation is 1. The topological polar surface area (TPSA) is 78.2 Å². The third-order valence-electron chi connectivity index (χ3n) is 4.01. The number of hydrogen-bond donors (Lipinski definition) is 1. The van der Waals surface area contributed by atoms with E-state index in [9.17, 15) is 9.59 Å². The van der Waals surface area contributed by atoms with Crippen LogP contribution >= 0.6 is 24.8 Å². The Morgan fingerprint density at radius 1 is 1.17 bits per heavy atom. The van der Waals surface area contributed by atoms with Crippen molar-refractivity contribution in [3.63, 3.8) is 0 Å². The molecule has 1 aliphatic heterocycles. The molecule has 1 fully saturated rings. The van der Waals surface area contributed by atoms with Crippen LogP contribution in [0.25, 0.3) is 11.2 Å². The molecule has 23 heavy (non-hydrogen) atoms. The summed E-state index contributed by atoms with van der Waals surface area (Å²) < 4.78 is 8.04. The van der Waals surface area contributed by atoms with E-state index >= 15 is 0 Å². The van der Waals surface area contributed by atoms with Crippen LogP contribution in [0, 0.1) is 0 Å². The van der Waals surface area contributed by atoms with Crippen LogP contribution < -0.4 is 21.2 Å². The maximum Gasteiger partial charge on any atom is 0.318 e. The minimum atomic E-state index is -0.520. The van der Waals surface area contributed by atoms with Gasteiger partial charge in [0.2, 0.25) is 5.88 Å². The molecule has 0 aliphatic carbocycles. The number of halogens is 2. The van der Waals surface area contributed by atoms with E-state index in [4.69, 9.17) is 4.74 Å². The second-order valence-corrected chi connectivity index (χ2v) is 5.22. The first-order chi connectivity index (χ1) is 10.1. The first-order valence-corrected chi connectivity index (χ1v) is 7.00. The number of pyridine rings is 1. The van der Waals surface area contributed by atoms with Crippen molar-refractivity contribution in [1.82, 2.24) is 19.4 Å². The molecule has 9 heteroatoms. The molecular weight excluding hydrogens is 343 g/mol. The standard InChI is InChI=1S/C14H18N4O3.2ClH/c1-17-10-3-4-11(21-2)16-12(10)18(14(20)13(17)19)9-5-7-15-8-6-9;;/h3-4,9,15H,5-8H2,1-2H3;2*1H. The number of aromatic nitrogens is 3. The van der Waals surface area contributed by atoms with E-state index in [0.29, 0.717) is 17.0 Å². The summed E-state index contributed by atoms with van der Waals surface area (Å²) in [6.07, 6.45) is 1.61. The van der Waals surface area contributed by atoms with Crippen molar-refractivity contribution in [3.8, 4) is 5.88 Å². The lowest BCUT2D eigenvalue weighted by atomic mass is 10.1. The second-order valence-electron chi connectivity index (χ2n) is 5.22. The predicted molar refractivity (Wildman–Crippen MR) is 93.4 cm³/mol. The van der Waals surface area contributed by atoms with Crippen LogP contribution in [0.3, 0.4) is 0 Å². The molecule has 0 saturated carbocycles. The van der Waals surface area contributed by atoms with E-state index < -0.39 is 11.1 Å². The predicted octanol–water partition coefficient (Wildman–Crippen LogP) is 0.872. The van der Waals surface area contributed by atoms with E-state index in [1.54, 1.807) is 23.7 Å². The molecule has 0 radical (unpaired) electrons. The number of rotatable bonds is 2. The molecule has 2 aromatic rings. The lowest BCUT2D eigenvalue weighted by Gasteiger charge is -2.25. The number of nitrogens with one attached hydrogen (secondary N) is 1. The Labute approximate surface area is 145 Å². The molecule has 0 atom stereocenters. The van der Waals surface area contributed by atoms with Crippen molar-refractivity contribution in [1.29, 1.82) is 0 Å². The van der Waals surface area contributed by atoms with Gasteiger partial charge in [0, 0.05) is 19.2 Å². The van der Waals surface area contributed by atoms with Gasteiger partial charge in [-0.3, -0.25) is 14.2 Å². The average molecular weight is 363 g/mol. The zero-order chi connectivity index (χ0) is 15.0. The van der Waals surface area contributed by atoms with E-state index in [2.05, 4.69) is 10.3 Å². The molecular formula is C14H20Cl2N4O3. The van der Waals surface area contributed by atoms with Crippen molar-refractivity contribution < 1.29 is 4.74 Å². The third kappa shape index (κ3) is 3.36. The molecule has 1 saturated heterocycles. The summed E-state index contributed by atoms with van der Waals surface area (Å²) in [5.74, 6) is 0.434. The van der Waals surface area contributed by atoms with Crippen molar-refractivity contribution in [2.75, 3.05) is 20.2 Å². The molecule has 3 heterocycles. The minimum absolute atomic E-state index is 0. The van der Waals surface area contributed by atoms with Crippen LogP contribution in [-0.2, 0) is 7.05 Å². The van der Waals surface area contributed by atoms with Gasteiger partial charge in [-0.1, -0.05) is 0 Å². The normalized spacial score (nSPS) is 14.9. The minimum Gasteiger partial charge on any atom is -0.481 e. The maximum absolute atomic E-state index is 12.4. The van der Waals surface area contributed by atoms with Gasteiger partial charge in [0.05, 0.1) is 12.6 Å². The van der Waals surface area contributed by atoms with Crippen LogP contribution in [0.4, 0.5) is 0 Å². The molecule has 0 amide bonds. The first kappa shape index (κ1) is 19.5. The zero-order valence-corrected chi connectivity index (χ0v) is 14.6. The highest BCUT2D eigenvalue weighted by molar-refractivity contribution is 5.85. The summed E-state index contributed by atoms with van der Waals surface area (Å²) in [7, 11) is 3.12. The van der Waals surface area contributed by atoms with Gasteiger partial charge in [-0.2, -0.15) is 4.98 Å².